The summed E-state index contributed by atoms with van der Waals surface area (Å²) in [6.07, 6.45) is 5.14. The molecule has 3 aromatic rings. The zero-order chi connectivity index (χ0) is 25.4. The number of rotatable bonds is 4. The Balaban J connectivity index is 1.36. The Labute approximate surface area is 219 Å². The van der Waals surface area contributed by atoms with Gasteiger partial charge in [-0.1, -0.05) is 30.3 Å². The molecule has 5 nitrogen and oxygen atoms in total. The number of para-hydroxylation sites is 2. The summed E-state index contributed by atoms with van der Waals surface area (Å²) >= 11 is 0. The van der Waals surface area contributed by atoms with Crippen LogP contribution in [0.1, 0.15) is 60.8 Å². The second-order valence-electron chi connectivity index (χ2n) is 10.7. The highest BCUT2D eigenvalue weighted by molar-refractivity contribution is 6.11. The first kappa shape index (κ1) is 23.8. The molecule has 0 radical (unpaired) electrons. The van der Waals surface area contributed by atoms with E-state index in [0.717, 1.165) is 42.3 Å². The molecule has 0 amide bonds. The summed E-state index contributed by atoms with van der Waals surface area (Å²) in [6.45, 7) is 4.43. The Hall–Kier alpha value is -3.60. The van der Waals surface area contributed by atoms with Gasteiger partial charge in [0.25, 0.3) is 0 Å². The Kier molecular flexibility index (Phi) is 6.45. The van der Waals surface area contributed by atoms with Crippen LogP contribution >= 0.6 is 0 Å². The first-order valence-corrected chi connectivity index (χ1v) is 13.6. The number of aliphatic imine (C=N–C) groups is 1. The quantitative estimate of drug-likeness (QED) is 0.425. The molecule has 2 aliphatic heterocycles. The summed E-state index contributed by atoms with van der Waals surface area (Å²) in [5.41, 5.74) is 7.76. The van der Waals surface area contributed by atoms with Gasteiger partial charge in [0.15, 0.2) is 0 Å². The van der Waals surface area contributed by atoms with Gasteiger partial charge in [-0.15, -0.1) is 0 Å². The summed E-state index contributed by atoms with van der Waals surface area (Å²) in [4.78, 5) is 21.5. The van der Waals surface area contributed by atoms with E-state index >= 15 is 0 Å². The minimum Gasteiger partial charge on any atom is -0.497 e. The first-order valence-electron chi connectivity index (χ1n) is 13.6. The van der Waals surface area contributed by atoms with Crippen molar-refractivity contribution in [2.45, 2.75) is 51.0 Å². The van der Waals surface area contributed by atoms with Crippen LogP contribution in [0.2, 0.25) is 0 Å². The predicted molar refractivity (Wildman–Crippen MR) is 151 cm³/mol. The maximum Gasteiger partial charge on any atom is 0.144 e. The second-order valence-corrected chi connectivity index (χ2v) is 10.7. The number of benzene rings is 3. The molecule has 1 aliphatic carbocycles. The number of ether oxygens (including phenoxy) is 1. The van der Waals surface area contributed by atoms with Crippen LogP contribution in [0.25, 0.3) is 0 Å². The zero-order valence-corrected chi connectivity index (χ0v) is 21.7. The summed E-state index contributed by atoms with van der Waals surface area (Å²) in [5, 5.41) is 3.75. The van der Waals surface area contributed by atoms with Gasteiger partial charge in [-0.25, -0.2) is 0 Å². The number of nitrogens with one attached hydrogen (secondary N) is 1. The molecule has 0 aromatic heterocycles. The summed E-state index contributed by atoms with van der Waals surface area (Å²) in [5.74, 6) is 0.941. The Bertz CT molecular complexity index is 1320. The standard InChI is InChI=1S/C32H35N3O2/c1-21-18-24(35-16-6-3-7-17-35)12-15-26(21)32-31-29(33-27-8-4-5-9-28(27)34-32)19-23(20-30(31)36)22-10-13-25(37-2)14-11-22/h4-5,8-15,18,23,31-32,34H,3,6-7,16-17,19-20H2,1-2H3. The lowest BCUT2D eigenvalue weighted by molar-refractivity contribution is -0.122. The van der Waals surface area contributed by atoms with Gasteiger partial charge in [0.1, 0.15) is 11.5 Å². The molecular formula is C32H35N3O2. The van der Waals surface area contributed by atoms with Crippen molar-refractivity contribution in [3.8, 4) is 5.75 Å². The van der Waals surface area contributed by atoms with E-state index in [1.54, 1.807) is 7.11 Å². The highest BCUT2D eigenvalue weighted by Crippen LogP contribution is 2.45. The van der Waals surface area contributed by atoms with Crippen molar-refractivity contribution in [2.75, 3.05) is 30.4 Å². The molecular weight excluding hydrogens is 458 g/mol. The van der Waals surface area contributed by atoms with E-state index in [1.807, 2.05) is 30.3 Å². The first-order chi connectivity index (χ1) is 18.1. The van der Waals surface area contributed by atoms with E-state index in [0.29, 0.717) is 6.42 Å². The van der Waals surface area contributed by atoms with E-state index in [9.17, 15) is 4.79 Å². The molecule has 5 heteroatoms. The molecule has 2 heterocycles. The highest BCUT2D eigenvalue weighted by atomic mass is 16.5. The van der Waals surface area contributed by atoms with Crippen LogP contribution in [0.4, 0.5) is 17.1 Å². The number of carbonyl (C=O) groups excluding carboxylic acids is 1. The number of Topliss-reactive ketones (excluding diaryl/α,β-unsaturated/α-hetero) is 1. The van der Waals surface area contributed by atoms with Crippen LogP contribution < -0.4 is 15.0 Å². The van der Waals surface area contributed by atoms with E-state index in [2.05, 4.69) is 53.5 Å². The van der Waals surface area contributed by atoms with Gasteiger partial charge in [0, 0.05) is 30.9 Å². The normalized spacial score (nSPS) is 23.3. The molecule has 3 aromatic carbocycles. The molecule has 1 saturated heterocycles. The van der Waals surface area contributed by atoms with Gasteiger partial charge in [-0.3, -0.25) is 9.79 Å². The smallest absolute Gasteiger partial charge is 0.144 e. The monoisotopic (exact) mass is 493 g/mol. The average Bonchev–Trinajstić information content (AvgIpc) is 3.10. The molecule has 37 heavy (non-hydrogen) atoms. The summed E-state index contributed by atoms with van der Waals surface area (Å²) < 4.78 is 5.34. The second kappa shape index (κ2) is 10.0. The fourth-order valence-electron chi connectivity index (χ4n) is 6.33. The number of aryl methyl sites for hydroxylation is 1. The third kappa shape index (κ3) is 4.63. The van der Waals surface area contributed by atoms with Crippen LogP contribution in [-0.2, 0) is 4.79 Å². The fourth-order valence-corrected chi connectivity index (χ4v) is 6.33. The molecule has 2 fully saturated rings. The number of anilines is 2. The zero-order valence-electron chi connectivity index (χ0n) is 21.7. The van der Waals surface area contributed by atoms with Crippen LogP contribution in [0.15, 0.2) is 71.7 Å². The minimum absolute atomic E-state index is 0.127. The average molecular weight is 494 g/mol. The van der Waals surface area contributed by atoms with Crippen LogP contribution in [0, 0.1) is 12.8 Å². The summed E-state index contributed by atoms with van der Waals surface area (Å²) in [7, 11) is 1.68. The van der Waals surface area contributed by atoms with Gasteiger partial charge in [-0.2, -0.15) is 0 Å². The van der Waals surface area contributed by atoms with Crippen molar-refractivity contribution in [3.63, 3.8) is 0 Å². The van der Waals surface area contributed by atoms with E-state index in [4.69, 9.17) is 9.73 Å². The van der Waals surface area contributed by atoms with Crippen LogP contribution in [-0.4, -0.2) is 31.7 Å². The fraction of sp³-hybridized carbons (Fsp3) is 0.375. The molecule has 1 N–H and O–H groups in total. The SMILES string of the molecule is COc1ccc(C2CC(=O)C3C(=Nc4ccccc4NC3c3ccc(N4CCCCC4)cc3C)C2)cc1. The molecule has 1 saturated carbocycles. The number of ketones is 1. The lowest BCUT2D eigenvalue weighted by Crippen LogP contribution is -2.39. The lowest BCUT2D eigenvalue weighted by atomic mass is 9.72. The maximum absolute atomic E-state index is 13.9. The Morgan fingerprint density at radius 1 is 0.946 bits per heavy atom. The lowest BCUT2D eigenvalue weighted by Gasteiger charge is -2.35. The molecule has 0 spiro atoms. The number of carbonyl (C=O) groups is 1. The van der Waals surface area contributed by atoms with Crippen LogP contribution in [0.5, 0.6) is 5.75 Å². The van der Waals surface area contributed by atoms with E-state index < -0.39 is 0 Å². The van der Waals surface area contributed by atoms with E-state index in [-0.39, 0.29) is 23.7 Å². The predicted octanol–water partition coefficient (Wildman–Crippen LogP) is 7.00. The van der Waals surface area contributed by atoms with Crippen molar-refractivity contribution >= 4 is 28.6 Å². The summed E-state index contributed by atoms with van der Waals surface area (Å²) in [6, 6.07) is 23.0. The van der Waals surface area contributed by atoms with Crippen molar-refractivity contribution in [2.24, 2.45) is 10.9 Å². The largest absolute Gasteiger partial charge is 0.497 e. The molecule has 0 bridgehead atoms. The van der Waals surface area contributed by atoms with Crippen molar-refractivity contribution in [3.05, 3.63) is 83.4 Å². The minimum atomic E-state index is -0.276. The van der Waals surface area contributed by atoms with Gasteiger partial charge in [-0.05, 0) is 91.6 Å². The number of fused-ring (bicyclic) bond motifs is 2. The number of piperidine rings is 1. The van der Waals surface area contributed by atoms with Gasteiger partial charge in [0.2, 0.25) is 0 Å². The molecule has 6 rings (SSSR count). The molecule has 3 unspecified atom stereocenters. The van der Waals surface area contributed by atoms with E-state index in [1.165, 1.54) is 41.6 Å². The number of methoxy groups -OCH3 is 1. The Morgan fingerprint density at radius 2 is 1.73 bits per heavy atom. The molecule has 190 valence electrons. The van der Waals surface area contributed by atoms with Gasteiger partial charge in [0.05, 0.1) is 30.4 Å². The number of hydrogen-bond acceptors (Lipinski definition) is 5. The van der Waals surface area contributed by atoms with Gasteiger partial charge < -0.3 is 15.0 Å². The van der Waals surface area contributed by atoms with Crippen molar-refractivity contribution < 1.29 is 9.53 Å². The van der Waals surface area contributed by atoms with Crippen LogP contribution in [0.3, 0.4) is 0 Å². The van der Waals surface area contributed by atoms with Crippen molar-refractivity contribution in [1.82, 2.24) is 0 Å². The maximum atomic E-state index is 13.9. The topological polar surface area (TPSA) is 53.9 Å². The Morgan fingerprint density at radius 3 is 2.49 bits per heavy atom. The number of nitrogens with zero attached hydrogens (tertiary/aromatic N) is 2. The highest BCUT2D eigenvalue weighted by Gasteiger charge is 2.42. The molecule has 3 aliphatic rings. The molecule has 3 atom stereocenters. The van der Waals surface area contributed by atoms with Gasteiger partial charge >= 0.3 is 0 Å². The number of hydrogen-bond donors (Lipinski definition) is 1. The third-order valence-electron chi connectivity index (χ3n) is 8.32. The van der Waals surface area contributed by atoms with Crippen molar-refractivity contribution in [1.29, 1.82) is 0 Å². The third-order valence-corrected chi connectivity index (χ3v) is 8.32.